The molecule has 17 heavy (non-hydrogen) atoms. The largest absolute Gasteiger partial charge is 0.341 e. The van der Waals surface area contributed by atoms with Crippen molar-refractivity contribution in [2.24, 2.45) is 0 Å². The maximum Gasteiger partial charge on any atom is 0.186 e. The second-order valence-electron chi connectivity index (χ2n) is 4.52. The van der Waals surface area contributed by atoms with Crippen LogP contribution in [-0.2, 0) is 0 Å². The molecule has 1 aromatic carbocycles. The number of benzene rings is 1. The number of hydrogen-bond donors (Lipinski definition) is 0. The Hall–Kier alpha value is -1.35. The van der Waals surface area contributed by atoms with E-state index in [4.69, 9.17) is 0 Å². The molecular formula is C14H16N2S. The zero-order valence-corrected chi connectivity index (χ0v) is 10.8. The van der Waals surface area contributed by atoms with E-state index < -0.39 is 0 Å². The van der Waals surface area contributed by atoms with Crippen LogP contribution in [0.1, 0.15) is 29.3 Å². The average molecular weight is 244 g/mol. The molecule has 1 fully saturated rings. The predicted molar refractivity (Wildman–Crippen MR) is 72.6 cm³/mol. The number of anilines is 1. The quantitative estimate of drug-likeness (QED) is 0.799. The topological polar surface area (TPSA) is 16.1 Å². The van der Waals surface area contributed by atoms with Crippen LogP contribution in [0.5, 0.6) is 0 Å². The van der Waals surface area contributed by atoms with Crippen LogP contribution in [0.15, 0.2) is 36.5 Å². The van der Waals surface area contributed by atoms with Crippen molar-refractivity contribution in [3.8, 4) is 0 Å². The van der Waals surface area contributed by atoms with Gasteiger partial charge in [-0.3, -0.25) is 0 Å². The van der Waals surface area contributed by atoms with Crippen molar-refractivity contribution >= 4 is 16.5 Å². The van der Waals surface area contributed by atoms with Gasteiger partial charge in [-0.15, -0.1) is 11.3 Å². The molecule has 1 aliphatic heterocycles. The van der Waals surface area contributed by atoms with Crippen molar-refractivity contribution in [3.05, 3.63) is 47.0 Å². The van der Waals surface area contributed by atoms with Gasteiger partial charge in [0.25, 0.3) is 0 Å². The van der Waals surface area contributed by atoms with Crippen LogP contribution in [0.3, 0.4) is 0 Å². The predicted octanol–water partition coefficient (Wildman–Crippen LogP) is 3.79. The molecule has 1 aliphatic rings. The highest BCUT2D eigenvalue weighted by molar-refractivity contribution is 7.15. The minimum atomic E-state index is 0.516. The van der Waals surface area contributed by atoms with E-state index in [2.05, 4.69) is 47.1 Å². The van der Waals surface area contributed by atoms with Gasteiger partial charge in [0.2, 0.25) is 0 Å². The Morgan fingerprint density at radius 1 is 1.29 bits per heavy atom. The van der Waals surface area contributed by atoms with Crippen LogP contribution in [0.4, 0.5) is 5.13 Å². The summed E-state index contributed by atoms with van der Waals surface area (Å²) in [5.41, 5.74) is 1.41. The summed E-state index contributed by atoms with van der Waals surface area (Å²) < 4.78 is 0. The molecule has 3 rings (SSSR count). The first-order chi connectivity index (χ1) is 8.34. The third-order valence-corrected chi connectivity index (χ3v) is 4.24. The first kappa shape index (κ1) is 10.8. The van der Waals surface area contributed by atoms with Gasteiger partial charge in [0, 0.05) is 17.6 Å². The first-order valence-corrected chi connectivity index (χ1v) is 6.90. The molecule has 1 aromatic heterocycles. The maximum absolute atomic E-state index is 4.52. The van der Waals surface area contributed by atoms with E-state index in [1.165, 1.54) is 28.4 Å². The van der Waals surface area contributed by atoms with Gasteiger partial charge in [0.05, 0.1) is 6.04 Å². The molecule has 2 nitrogen and oxygen atoms in total. The summed E-state index contributed by atoms with van der Waals surface area (Å²) in [5.74, 6) is 0. The first-order valence-electron chi connectivity index (χ1n) is 6.08. The highest BCUT2D eigenvalue weighted by Gasteiger charge is 2.27. The summed E-state index contributed by atoms with van der Waals surface area (Å²) in [6.45, 7) is 3.25. The Morgan fingerprint density at radius 2 is 2.12 bits per heavy atom. The van der Waals surface area contributed by atoms with E-state index in [-0.39, 0.29) is 0 Å². The van der Waals surface area contributed by atoms with Crippen LogP contribution in [0.2, 0.25) is 0 Å². The maximum atomic E-state index is 4.52. The minimum Gasteiger partial charge on any atom is -0.341 e. The highest BCUT2D eigenvalue weighted by atomic mass is 32.1. The van der Waals surface area contributed by atoms with Gasteiger partial charge in [0.15, 0.2) is 5.13 Å². The number of rotatable bonds is 2. The third kappa shape index (κ3) is 2.07. The summed E-state index contributed by atoms with van der Waals surface area (Å²) in [5, 5.41) is 1.17. The second-order valence-corrected chi connectivity index (χ2v) is 5.73. The van der Waals surface area contributed by atoms with Crippen LogP contribution in [-0.4, -0.2) is 11.5 Å². The fourth-order valence-corrected chi connectivity index (χ4v) is 3.33. The number of nitrogens with zero attached hydrogens (tertiary/aromatic N) is 2. The summed E-state index contributed by atoms with van der Waals surface area (Å²) in [4.78, 5) is 8.26. The monoisotopic (exact) mass is 244 g/mol. The van der Waals surface area contributed by atoms with Gasteiger partial charge in [-0.05, 0) is 25.3 Å². The van der Waals surface area contributed by atoms with E-state index in [1.807, 2.05) is 6.20 Å². The van der Waals surface area contributed by atoms with Gasteiger partial charge in [0.1, 0.15) is 0 Å². The van der Waals surface area contributed by atoms with E-state index in [0.29, 0.717) is 6.04 Å². The lowest BCUT2D eigenvalue weighted by atomic mass is 10.1. The van der Waals surface area contributed by atoms with E-state index in [1.54, 1.807) is 11.3 Å². The molecule has 1 saturated heterocycles. The average Bonchev–Trinajstić information content (AvgIpc) is 2.98. The zero-order valence-electron chi connectivity index (χ0n) is 9.97. The van der Waals surface area contributed by atoms with Gasteiger partial charge in [-0.2, -0.15) is 0 Å². The van der Waals surface area contributed by atoms with Crippen LogP contribution in [0.25, 0.3) is 0 Å². The lowest BCUT2D eigenvalue weighted by molar-refractivity contribution is 0.717. The number of aromatic nitrogens is 1. The van der Waals surface area contributed by atoms with Crippen molar-refractivity contribution in [1.29, 1.82) is 0 Å². The van der Waals surface area contributed by atoms with Crippen molar-refractivity contribution < 1.29 is 0 Å². The Bertz CT molecular complexity index is 492. The molecule has 0 N–H and O–H groups in total. The lowest BCUT2D eigenvalue weighted by Crippen LogP contribution is -2.22. The smallest absolute Gasteiger partial charge is 0.186 e. The number of thiazole rings is 1. The Balaban J connectivity index is 1.90. The molecule has 0 amide bonds. The summed E-state index contributed by atoms with van der Waals surface area (Å²) in [7, 11) is 0. The van der Waals surface area contributed by atoms with Crippen molar-refractivity contribution in [1.82, 2.24) is 4.98 Å². The Labute approximate surface area is 106 Å². The fourth-order valence-electron chi connectivity index (χ4n) is 2.49. The molecule has 0 bridgehead atoms. The minimum absolute atomic E-state index is 0.516. The normalized spacial score (nSPS) is 19.8. The van der Waals surface area contributed by atoms with Gasteiger partial charge in [-0.1, -0.05) is 30.3 Å². The van der Waals surface area contributed by atoms with Crippen LogP contribution in [0, 0.1) is 6.92 Å². The number of aryl methyl sites for hydroxylation is 1. The molecule has 1 atom stereocenters. The standard InChI is InChI=1S/C14H16N2S/c1-11-10-15-14(17-11)16-9-5-8-13(16)12-6-3-2-4-7-12/h2-4,6-7,10,13H,5,8-9H2,1H3. The molecule has 0 saturated carbocycles. The number of hydrogen-bond acceptors (Lipinski definition) is 3. The summed E-state index contributed by atoms with van der Waals surface area (Å²) >= 11 is 1.80. The lowest BCUT2D eigenvalue weighted by Gasteiger charge is -2.24. The van der Waals surface area contributed by atoms with Crippen LogP contribution >= 0.6 is 11.3 Å². The molecule has 1 unspecified atom stereocenters. The molecule has 0 spiro atoms. The third-order valence-electron chi connectivity index (χ3n) is 3.29. The fraction of sp³-hybridized carbons (Fsp3) is 0.357. The second kappa shape index (κ2) is 4.49. The van der Waals surface area contributed by atoms with E-state index in [0.717, 1.165) is 6.54 Å². The van der Waals surface area contributed by atoms with E-state index in [9.17, 15) is 0 Å². The Kier molecular flexibility index (Phi) is 2.85. The van der Waals surface area contributed by atoms with Crippen molar-refractivity contribution in [2.45, 2.75) is 25.8 Å². The van der Waals surface area contributed by atoms with Gasteiger partial charge < -0.3 is 4.90 Å². The van der Waals surface area contributed by atoms with Gasteiger partial charge >= 0.3 is 0 Å². The highest BCUT2D eigenvalue weighted by Crippen LogP contribution is 2.37. The summed E-state index contributed by atoms with van der Waals surface area (Å²) in [6.07, 6.45) is 4.47. The van der Waals surface area contributed by atoms with Crippen LogP contribution < -0.4 is 4.90 Å². The molecule has 2 aromatic rings. The van der Waals surface area contributed by atoms with Crippen molar-refractivity contribution in [3.63, 3.8) is 0 Å². The van der Waals surface area contributed by atoms with Crippen molar-refractivity contribution in [2.75, 3.05) is 11.4 Å². The molecule has 0 aliphatic carbocycles. The molecule has 88 valence electrons. The van der Waals surface area contributed by atoms with E-state index >= 15 is 0 Å². The van der Waals surface area contributed by atoms with Gasteiger partial charge in [-0.25, -0.2) is 4.98 Å². The molecule has 0 radical (unpaired) electrons. The molecule has 3 heteroatoms. The zero-order chi connectivity index (χ0) is 11.7. The molecular weight excluding hydrogens is 228 g/mol. The summed E-state index contributed by atoms with van der Waals surface area (Å²) in [6, 6.07) is 11.3. The SMILES string of the molecule is Cc1cnc(N2CCCC2c2ccccc2)s1. The Morgan fingerprint density at radius 3 is 2.82 bits per heavy atom. The molecule has 2 heterocycles.